The van der Waals surface area contributed by atoms with Crippen LogP contribution in [0.5, 0.6) is 0 Å². The molecule has 1 aromatic rings. The van der Waals surface area contributed by atoms with Gasteiger partial charge in [-0.1, -0.05) is 26.0 Å². The molecule has 1 aromatic carbocycles. The summed E-state index contributed by atoms with van der Waals surface area (Å²) in [6.45, 7) is 6.75. The molecule has 0 fully saturated rings. The molecule has 0 saturated carbocycles. The lowest BCUT2D eigenvalue weighted by atomic mass is 10.1. The number of hydrogen-bond donors (Lipinski definition) is 1. The Morgan fingerprint density at radius 1 is 1.25 bits per heavy atom. The van der Waals surface area contributed by atoms with Crippen molar-refractivity contribution < 1.29 is 0 Å². The fourth-order valence-electron chi connectivity index (χ4n) is 1.45. The SMILES string of the molecule is CNC(C)c1cccc(SCCC(C)C)c1. The number of nitrogens with one attached hydrogen (secondary N) is 1. The second kappa shape index (κ2) is 6.97. The fourth-order valence-corrected chi connectivity index (χ4v) is 2.67. The lowest BCUT2D eigenvalue weighted by molar-refractivity contribution is 0.632. The highest BCUT2D eigenvalue weighted by Gasteiger charge is 2.03. The molecular weight excluding hydrogens is 214 g/mol. The molecule has 0 spiro atoms. The van der Waals surface area contributed by atoms with Gasteiger partial charge in [0.1, 0.15) is 0 Å². The van der Waals surface area contributed by atoms with Crippen LogP contribution in [0, 0.1) is 5.92 Å². The summed E-state index contributed by atoms with van der Waals surface area (Å²) in [5.74, 6) is 2.02. The molecule has 0 aliphatic heterocycles. The minimum atomic E-state index is 0.436. The average Bonchev–Trinajstić information content (AvgIpc) is 2.28. The van der Waals surface area contributed by atoms with Crippen LogP contribution in [0.15, 0.2) is 29.2 Å². The topological polar surface area (TPSA) is 12.0 Å². The van der Waals surface area contributed by atoms with Crippen molar-refractivity contribution in [3.63, 3.8) is 0 Å². The summed E-state index contributed by atoms with van der Waals surface area (Å²) >= 11 is 1.96. The van der Waals surface area contributed by atoms with Crippen molar-refractivity contribution in [3.8, 4) is 0 Å². The molecular formula is C14H23NS. The zero-order chi connectivity index (χ0) is 12.0. The van der Waals surface area contributed by atoms with Gasteiger partial charge in [0.2, 0.25) is 0 Å². The van der Waals surface area contributed by atoms with Crippen molar-refractivity contribution in [1.82, 2.24) is 5.32 Å². The summed E-state index contributed by atoms with van der Waals surface area (Å²) in [6.07, 6.45) is 1.29. The van der Waals surface area contributed by atoms with Gasteiger partial charge in [0.25, 0.3) is 0 Å². The molecule has 1 rings (SSSR count). The Labute approximate surface area is 104 Å². The van der Waals surface area contributed by atoms with E-state index in [1.54, 1.807) is 0 Å². The predicted octanol–water partition coefficient (Wildman–Crippen LogP) is 4.11. The van der Waals surface area contributed by atoms with Gasteiger partial charge in [-0.2, -0.15) is 0 Å². The summed E-state index contributed by atoms with van der Waals surface area (Å²) in [7, 11) is 2.00. The maximum atomic E-state index is 3.27. The van der Waals surface area contributed by atoms with E-state index >= 15 is 0 Å². The zero-order valence-corrected chi connectivity index (χ0v) is 11.6. The highest BCUT2D eigenvalue weighted by molar-refractivity contribution is 7.99. The largest absolute Gasteiger partial charge is 0.313 e. The molecule has 16 heavy (non-hydrogen) atoms. The van der Waals surface area contributed by atoms with Crippen LogP contribution in [-0.2, 0) is 0 Å². The van der Waals surface area contributed by atoms with Crippen LogP contribution >= 0.6 is 11.8 Å². The average molecular weight is 237 g/mol. The van der Waals surface area contributed by atoms with Crippen LogP contribution in [0.4, 0.5) is 0 Å². The van der Waals surface area contributed by atoms with E-state index in [0.29, 0.717) is 6.04 Å². The van der Waals surface area contributed by atoms with Crippen molar-refractivity contribution in [2.45, 2.75) is 38.1 Å². The molecule has 0 aromatic heterocycles. The van der Waals surface area contributed by atoms with E-state index in [4.69, 9.17) is 0 Å². The van der Waals surface area contributed by atoms with Gasteiger partial charge in [-0.25, -0.2) is 0 Å². The molecule has 0 amide bonds. The summed E-state index contributed by atoms with van der Waals surface area (Å²) in [5.41, 5.74) is 1.37. The van der Waals surface area contributed by atoms with Crippen LogP contribution in [0.3, 0.4) is 0 Å². The highest BCUT2D eigenvalue weighted by Crippen LogP contribution is 2.23. The first-order valence-electron chi connectivity index (χ1n) is 6.03. The first-order chi connectivity index (χ1) is 7.63. The second-order valence-electron chi connectivity index (χ2n) is 4.61. The molecule has 0 heterocycles. The van der Waals surface area contributed by atoms with Crippen molar-refractivity contribution in [2.75, 3.05) is 12.8 Å². The quantitative estimate of drug-likeness (QED) is 0.747. The molecule has 0 radical (unpaired) electrons. The van der Waals surface area contributed by atoms with E-state index < -0.39 is 0 Å². The standard InChI is InChI=1S/C14H23NS/c1-11(2)8-9-16-14-7-5-6-13(10-14)12(3)15-4/h5-7,10-12,15H,8-9H2,1-4H3. The van der Waals surface area contributed by atoms with Crippen molar-refractivity contribution in [3.05, 3.63) is 29.8 Å². The number of benzene rings is 1. The van der Waals surface area contributed by atoms with Crippen LogP contribution < -0.4 is 5.32 Å². The monoisotopic (exact) mass is 237 g/mol. The van der Waals surface area contributed by atoms with Gasteiger partial charge in [-0.3, -0.25) is 0 Å². The molecule has 1 N–H and O–H groups in total. The first-order valence-corrected chi connectivity index (χ1v) is 7.02. The Hall–Kier alpha value is -0.470. The Balaban J connectivity index is 2.54. The Bertz CT molecular complexity index is 309. The third-order valence-corrected chi connectivity index (χ3v) is 3.78. The molecule has 90 valence electrons. The third-order valence-electron chi connectivity index (χ3n) is 2.76. The van der Waals surface area contributed by atoms with Crippen LogP contribution in [0.2, 0.25) is 0 Å². The summed E-state index contributed by atoms with van der Waals surface area (Å²) in [4.78, 5) is 1.39. The van der Waals surface area contributed by atoms with E-state index in [1.807, 2.05) is 18.8 Å². The first kappa shape index (κ1) is 13.6. The molecule has 1 atom stereocenters. The second-order valence-corrected chi connectivity index (χ2v) is 5.78. The number of rotatable bonds is 6. The third kappa shape index (κ3) is 4.58. The van der Waals surface area contributed by atoms with E-state index in [0.717, 1.165) is 5.92 Å². The zero-order valence-electron chi connectivity index (χ0n) is 10.8. The molecule has 0 aliphatic rings. The summed E-state index contributed by atoms with van der Waals surface area (Å²) in [6, 6.07) is 9.28. The maximum Gasteiger partial charge on any atom is 0.0289 e. The van der Waals surface area contributed by atoms with Gasteiger partial charge in [-0.05, 0) is 49.8 Å². The van der Waals surface area contributed by atoms with Crippen LogP contribution in [0.1, 0.15) is 38.8 Å². The number of hydrogen-bond acceptors (Lipinski definition) is 2. The predicted molar refractivity (Wildman–Crippen MR) is 74.1 cm³/mol. The van der Waals surface area contributed by atoms with Crippen molar-refractivity contribution in [2.24, 2.45) is 5.92 Å². The minimum absolute atomic E-state index is 0.436. The molecule has 0 aliphatic carbocycles. The summed E-state index contributed by atoms with van der Waals surface area (Å²) in [5, 5.41) is 3.27. The molecule has 2 heteroatoms. The van der Waals surface area contributed by atoms with E-state index in [1.165, 1.54) is 22.6 Å². The normalized spacial score (nSPS) is 13.1. The lowest BCUT2D eigenvalue weighted by Crippen LogP contribution is -2.12. The molecule has 0 saturated heterocycles. The van der Waals surface area contributed by atoms with Crippen molar-refractivity contribution in [1.29, 1.82) is 0 Å². The number of thioether (sulfide) groups is 1. The smallest absolute Gasteiger partial charge is 0.0289 e. The van der Waals surface area contributed by atoms with Gasteiger partial charge in [0, 0.05) is 10.9 Å². The van der Waals surface area contributed by atoms with Gasteiger partial charge >= 0.3 is 0 Å². The Morgan fingerprint density at radius 2 is 2.00 bits per heavy atom. The van der Waals surface area contributed by atoms with Gasteiger partial charge in [0.15, 0.2) is 0 Å². The minimum Gasteiger partial charge on any atom is -0.313 e. The molecule has 1 unspecified atom stereocenters. The van der Waals surface area contributed by atoms with Crippen LogP contribution in [0.25, 0.3) is 0 Å². The Morgan fingerprint density at radius 3 is 2.62 bits per heavy atom. The van der Waals surface area contributed by atoms with E-state index in [2.05, 4.69) is 50.4 Å². The molecule has 0 bridgehead atoms. The van der Waals surface area contributed by atoms with Gasteiger partial charge in [-0.15, -0.1) is 11.8 Å². The summed E-state index contributed by atoms with van der Waals surface area (Å²) < 4.78 is 0. The van der Waals surface area contributed by atoms with Gasteiger partial charge in [0.05, 0.1) is 0 Å². The van der Waals surface area contributed by atoms with Crippen molar-refractivity contribution >= 4 is 11.8 Å². The molecule has 1 nitrogen and oxygen atoms in total. The van der Waals surface area contributed by atoms with E-state index in [9.17, 15) is 0 Å². The van der Waals surface area contributed by atoms with Gasteiger partial charge < -0.3 is 5.32 Å². The van der Waals surface area contributed by atoms with Crippen LogP contribution in [-0.4, -0.2) is 12.8 Å². The maximum absolute atomic E-state index is 3.27. The van der Waals surface area contributed by atoms with E-state index in [-0.39, 0.29) is 0 Å². The lowest BCUT2D eigenvalue weighted by Gasteiger charge is -2.12. The Kier molecular flexibility index (Phi) is 5.93. The highest BCUT2D eigenvalue weighted by atomic mass is 32.2. The fraction of sp³-hybridized carbons (Fsp3) is 0.571.